The largest absolute Gasteiger partial charge is 0.397 e. The lowest BCUT2D eigenvalue weighted by atomic mass is 10.0. The molecule has 45 heavy (non-hydrogen) atoms. The van der Waals surface area contributed by atoms with Crippen LogP contribution in [0.25, 0.3) is 33.3 Å². The SMILES string of the molecule is C.C.Cc1noc(C)c1-c1cc(I)c2nc(C3CC3)[nH]c2c1.Cc1noc(C)c1-c1cc(N)c(N)c(I)c1.Cl.O=C(Cl)C1CC1. The number of rotatable bonds is 4. The molecule has 2 fully saturated rings. The smallest absolute Gasteiger partial charge is 0.224 e. The molecule has 2 aliphatic rings. The number of aromatic nitrogens is 4. The Morgan fingerprint density at radius 2 is 1.38 bits per heavy atom. The van der Waals surface area contributed by atoms with Crippen LogP contribution in [0.15, 0.2) is 33.3 Å². The summed E-state index contributed by atoms with van der Waals surface area (Å²) >= 11 is 9.56. The van der Waals surface area contributed by atoms with E-state index in [1.54, 1.807) is 0 Å². The highest BCUT2D eigenvalue weighted by Gasteiger charge is 2.28. The van der Waals surface area contributed by atoms with Crippen LogP contribution in [-0.4, -0.2) is 25.5 Å². The molecule has 0 saturated heterocycles. The maximum absolute atomic E-state index is 9.97. The van der Waals surface area contributed by atoms with E-state index < -0.39 is 0 Å². The molecule has 5 N–H and O–H groups in total. The molecule has 2 aromatic carbocycles. The quantitative estimate of drug-likeness (QED) is 0.0918. The molecule has 3 aromatic heterocycles. The average Bonchev–Trinajstić information content (AvgIpc) is 3.86. The Labute approximate surface area is 302 Å². The molecule has 0 spiro atoms. The van der Waals surface area contributed by atoms with E-state index in [-0.39, 0.29) is 38.4 Å². The summed E-state index contributed by atoms with van der Waals surface area (Å²) in [7, 11) is 0. The van der Waals surface area contributed by atoms with Crippen LogP contribution in [-0.2, 0) is 4.79 Å². The number of carbonyl (C=O) groups is 1. The Morgan fingerprint density at radius 1 is 0.867 bits per heavy atom. The lowest BCUT2D eigenvalue weighted by Gasteiger charge is -2.07. The zero-order valence-corrected chi connectivity index (χ0v) is 29.9. The van der Waals surface area contributed by atoms with Gasteiger partial charge in [-0.15, -0.1) is 12.4 Å². The van der Waals surface area contributed by atoms with Crippen molar-refractivity contribution >= 4 is 96.8 Å². The van der Waals surface area contributed by atoms with E-state index in [2.05, 4.69) is 72.6 Å². The van der Waals surface area contributed by atoms with Gasteiger partial charge in [0.15, 0.2) is 0 Å². The first-order chi connectivity index (χ1) is 19.9. The van der Waals surface area contributed by atoms with Gasteiger partial charge < -0.3 is 25.5 Å². The van der Waals surface area contributed by atoms with Crippen molar-refractivity contribution in [1.29, 1.82) is 0 Å². The summed E-state index contributed by atoms with van der Waals surface area (Å²) in [6.07, 6.45) is 4.55. The van der Waals surface area contributed by atoms with Gasteiger partial charge in [0, 0.05) is 30.1 Å². The lowest BCUT2D eigenvalue weighted by molar-refractivity contribution is -0.112. The molecule has 5 aromatic rings. The number of anilines is 2. The first-order valence-corrected chi connectivity index (χ1v) is 16.1. The average molecular weight is 881 g/mol. The second-order valence-corrected chi connectivity index (χ2v) is 13.4. The van der Waals surface area contributed by atoms with Gasteiger partial charge in [-0.1, -0.05) is 25.2 Å². The van der Waals surface area contributed by atoms with Crippen LogP contribution in [0.4, 0.5) is 11.4 Å². The third-order valence-electron chi connectivity index (χ3n) is 7.23. The van der Waals surface area contributed by atoms with Gasteiger partial charge in [0.1, 0.15) is 22.9 Å². The van der Waals surface area contributed by atoms with Crippen LogP contribution in [0.3, 0.4) is 0 Å². The summed E-state index contributed by atoms with van der Waals surface area (Å²) in [5.41, 5.74) is 21.0. The minimum Gasteiger partial charge on any atom is -0.397 e. The Morgan fingerprint density at radius 3 is 1.78 bits per heavy atom. The van der Waals surface area contributed by atoms with Crippen LogP contribution in [0.2, 0.25) is 0 Å². The number of H-pyrrole nitrogens is 1. The maximum Gasteiger partial charge on any atom is 0.224 e. The van der Waals surface area contributed by atoms with Crippen LogP contribution in [0, 0.1) is 40.8 Å². The minimum atomic E-state index is -0.157. The van der Waals surface area contributed by atoms with Gasteiger partial charge in [-0.05, 0) is 146 Å². The molecule has 2 saturated carbocycles. The molecule has 0 unspecified atom stereocenters. The molecule has 7 rings (SSSR count). The van der Waals surface area contributed by atoms with Crippen LogP contribution < -0.4 is 11.5 Å². The Hall–Kier alpha value is -2.36. The van der Waals surface area contributed by atoms with Crippen molar-refractivity contribution in [3.63, 3.8) is 0 Å². The number of halogens is 4. The Bertz CT molecular complexity index is 1730. The molecule has 2 aliphatic carbocycles. The number of nitrogen functional groups attached to an aromatic ring is 2. The predicted molar refractivity (Wildman–Crippen MR) is 203 cm³/mol. The van der Waals surface area contributed by atoms with Crippen LogP contribution >= 0.6 is 69.2 Å². The number of benzene rings is 2. The number of aryl methyl sites for hydroxylation is 4. The van der Waals surface area contributed by atoms with Crippen LogP contribution in [0.1, 0.15) is 75.2 Å². The fourth-order valence-electron chi connectivity index (χ4n) is 4.67. The van der Waals surface area contributed by atoms with Gasteiger partial charge in [0.2, 0.25) is 5.24 Å². The number of nitrogens with zero attached hydrogens (tertiary/aromatic N) is 3. The molecule has 0 bridgehead atoms. The molecule has 0 radical (unpaired) electrons. The van der Waals surface area contributed by atoms with Crippen molar-refractivity contribution < 1.29 is 13.8 Å². The van der Waals surface area contributed by atoms with Crippen molar-refractivity contribution in [2.45, 2.75) is 74.1 Å². The molecular formula is C32H40Cl2I2N6O3. The summed E-state index contributed by atoms with van der Waals surface area (Å²) in [6, 6.07) is 8.15. The lowest BCUT2D eigenvalue weighted by Crippen LogP contribution is -1.98. The van der Waals surface area contributed by atoms with E-state index in [4.69, 9.17) is 37.1 Å². The van der Waals surface area contributed by atoms with Crippen LogP contribution in [0.5, 0.6) is 0 Å². The van der Waals surface area contributed by atoms with Crippen molar-refractivity contribution in [3.05, 3.63) is 60.1 Å². The second-order valence-electron chi connectivity index (χ2n) is 10.7. The maximum atomic E-state index is 9.97. The normalized spacial score (nSPS) is 13.3. The Balaban J connectivity index is 0.000000255. The number of hydrogen-bond donors (Lipinski definition) is 3. The van der Waals surface area contributed by atoms with Crippen molar-refractivity contribution in [1.82, 2.24) is 20.3 Å². The minimum absolute atomic E-state index is 0. The van der Waals surface area contributed by atoms with Gasteiger partial charge in [-0.2, -0.15) is 0 Å². The van der Waals surface area contributed by atoms with Gasteiger partial charge in [0.05, 0.1) is 28.3 Å². The molecule has 0 aliphatic heterocycles. The van der Waals surface area contributed by atoms with Gasteiger partial charge in [0.25, 0.3) is 0 Å². The standard InChI is InChI=1S/C15H14IN3O.C11H12IN3O.C4H5ClO.2CH4.ClH/c1-7-13(8(2)20-19-7)10-5-11(16)14-12(6-10)17-15(18-14)9-3-4-9;1-5-10(6(2)16-15-5)7-3-8(12)11(14)9(13)4-7;5-4(6)3-1-2-3;;;/h5-6,9H,3-4H2,1-2H3,(H,17,18);3-4H,13-14H2,1-2H3;3H,1-2H2;2*1H4;1H. The molecular weight excluding hydrogens is 841 g/mol. The number of imidazole rings is 1. The fourth-order valence-corrected chi connectivity index (χ4v) is 6.28. The van der Waals surface area contributed by atoms with E-state index >= 15 is 0 Å². The zero-order valence-electron chi connectivity index (χ0n) is 24.1. The van der Waals surface area contributed by atoms with E-state index in [9.17, 15) is 4.79 Å². The topological polar surface area (TPSA) is 150 Å². The number of carbonyl (C=O) groups excluding carboxylic acids is 1. The zero-order chi connectivity index (χ0) is 30.3. The highest BCUT2D eigenvalue weighted by atomic mass is 127. The van der Waals surface area contributed by atoms with Gasteiger partial charge in [-0.3, -0.25) is 4.79 Å². The molecule has 0 amide bonds. The fraction of sp³-hybridized carbons (Fsp3) is 0.375. The number of fused-ring (bicyclic) bond motifs is 1. The van der Waals surface area contributed by atoms with Crippen molar-refractivity contribution in [2.24, 2.45) is 5.92 Å². The van der Waals surface area contributed by atoms with Gasteiger partial charge in [-0.25, -0.2) is 4.98 Å². The Kier molecular flexibility index (Phi) is 13.8. The summed E-state index contributed by atoms with van der Waals surface area (Å²) in [5.74, 6) is 3.65. The third kappa shape index (κ3) is 8.92. The highest BCUT2D eigenvalue weighted by molar-refractivity contribution is 14.1. The predicted octanol–water partition coefficient (Wildman–Crippen LogP) is 9.90. The monoisotopic (exact) mass is 880 g/mol. The van der Waals surface area contributed by atoms with E-state index in [1.165, 1.54) is 16.4 Å². The van der Waals surface area contributed by atoms with E-state index in [1.807, 2.05) is 39.8 Å². The first-order valence-electron chi connectivity index (χ1n) is 13.5. The number of aromatic amines is 1. The second kappa shape index (κ2) is 16.0. The third-order valence-corrected chi connectivity index (χ3v) is 9.25. The van der Waals surface area contributed by atoms with Crippen molar-refractivity contribution in [3.8, 4) is 22.3 Å². The summed E-state index contributed by atoms with van der Waals surface area (Å²) in [6.45, 7) is 7.72. The first kappa shape index (κ1) is 38.8. The number of nitrogens with two attached hydrogens (primary N) is 2. The molecule has 0 atom stereocenters. The van der Waals surface area contributed by atoms with E-state index in [0.717, 1.165) is 78.4 Å². The summed E-state index contributed by atoms with van der Waals surface area (Å²) in [4.78, 5) is 18.2. The molecule has 244 valence electrons. The molecule has 9 nitrogen and oxygen atoms in total. The number of hydrogen-bond acceptors (Lipinski definition) is 8. The highest BCUT2D eigenvalue weighted by Crippen LogP contribution is 2.40. The summed E-state index contributed by atoms with van der Waals surface area (Å²) < 4.78 is 12.5. The molecule has 3 heterocycles. The molecule has 13 heteroatoms. The number of nitrogens with one attached hydrogen (secondary N) is 1. The van der Waals surface area contributed by atoms with Crippen molar-refractivity contribution in [2.75, 3.05) is 11.5 Å². The van der Waals surface area contributed by atoms with E-state index in [0.29, 0.717) is 17.3 Å². The summed E-state index contributed by atoms with van der Waals surface area (Å²) in [5, 5.41) is 7.81. The van der Waals surface area contributed by atoms with Gasteiger partial charge >= 0.3 is 0 Å².